The van der Waals surface area contributed by atoms with Crippen molar-refractivity contribution >= 4 is 39.1 Å². The highest BCUT2D eigenvalue weighted by atomic mass is 35.5. The zero-order chi connectivity index (χ0) is 19.1. The fraction of sp³-hybridized carbons (Fsp3) is 0.429. The van der Waals surface area contributed by atoms with Gasteiger partial charge in [-0.1, -0.05) is 38.3 Å². The van der Waals surface area contributed by atoms with Crippen LogP contribution in [0.4, 0.5) is 0 Å². The van der Waals surface area contributed by atoms with Gasteiger partial charge in [0.25, 0.3) is 5.91 Å². The molecule has 2 heterocycles. The number of benzene rings is 1. The number of hydrogen-bond acceptors (Lipinski definition) is 3. The molecule has 1 aliphatic carbocycles. The van der Waals surface area contributed by atoms with E-state index in [9.17, 15) is 4.79 Å². The van der Waals surface area contributed by atoms with Gasteiger partial charge in [-0.05, 0) is 55.5 Å². The van der Waals surface area contributed by atoms with E-state index in [1.807, 2.05) is 41.9 Å². The average Bonchev–Trinajstić information content (AvgIpc) is 3.21. The molecule has 0 saturated heterocycles. The zero-order valence-corrected chi connectivity index (χ0v) is 17.4. The molecular formula is C21H24ClN3OS. The third-order valence-corrected chi connectivity index (χ3v) is 7.22. The Morgan fingerprint density at radius 2 is 2.00 bits per heavy atom. The van der Waals surface area contributed by atoms with Crippen molar-refractivity contribution in [3.8, 4) is 5.69 Å². The van der Waals surface area contributed by atoms with Crippen LogP contribution in [0.2, 0.25) is 5.02 Å². The summed E-state index contributed by atoms with van der Waals surface area (Å²) in [4.78, 5) is 14.6. The van der Waals surface area contributed by atoms with Gasteiger partial charge in [0.1, 0.15) is 4.83 Å². The summed E-state index contributed by atoms with van der Waals surface area (Å²) >= 11 is 7.50. The highest BCUT2D eigenvalue weighted by Gasteiger charge is 2.29. The van der Waals surface area contributed by atoms with Gasteiger partial charge in [0.05, 0.1) is 16.3 Å². The number of thiophene rings is 1. The van der Waals surface area contributed by atoms with E-state index in [0.29, 0.717) is 16.9 Å². The number of nitrogens with zero attached hydrogens (tertiary/aromatic N) is 2. The Balaban J connectivity index is 1.62. The highest BCUT2D eigenvalue weighted by Crippen LogP contribution is 2.32. The summed E-state index contributed by atoms with van der Waals surface area (Å²) in [6, 6.07) is 9.83. The van der Waals surface area contributed by atoms with Crippen molar-refractivity contribution < 1.29 is 4.79 Å². The number of aryl methyl sites for hydroxylation is 1. The summed E-state index contributed by atoms with van der Waals surface area (Å²) < 4.78 is 1.90. The van der Waals surface area contributed by atoms with Gasteiger partial charge in [-0.15, -0.1) is 11.3 Å². The largest absolute Gasteiger partial charge is 0.348 e. The molecule has 2 aromatic heterocycles. The van der Waals surface area contributed by atoms with E-state index in [1.54, 1.807) is 0 Å². The number of carbonyl (C=O) groups is 1. The summed E-state index contributed by atoms with van der Waals surface area (Å²) in [5.41, 5.74) is 1.87. The molecule has 0 unspecified atom stereocenters. The number of amides is 1. The van der Waals surface area contributed by atoms with Crippen LogP contribution < -0.4 is 5.32 Å². The van der Waals surface area contributed by atoms with Crippen molar-refractivity contribution in [2.75, 3.05) is 0 Å². The summed E-state index contributed by atoms with van der Waals surface area (Å²) in [6.45, 7) is 6.52. The van der Waals surface area contributed by atoms with Crippen molar-refractivity contribution in [2.45, 2.75) is 46.1 Å². The molecule has 1 fully saturated rings. The molecule has 3 aromatic rings. The molecule has 1 aliphatic rings. The van der Waals surface area contributed by atoms with Gasteiger partial charge in [-0.25, -0.2) is 4.68 Å². The number of fused-ring (bicyclic) bond motifs is 1. The second kappa shape index (κ2) is 7.28. The first-order valence-corrected chi connectivity index (χ1v) is 10.7. The van der Waals surface area contributed by atoms with Gasteiger partial charge in [0.2, 0.25) is 0 Å². The van der Waals surface area contributed by atoms with Crippen molar-refractivity contribution in [1.82, 2.24) is 15.1 Å². The van der Waals surface area contributed by atoms with Crippen molar-refractivity contribution in [1.29, 1.82) is 0 Å². The molecule has 4 nitrogen and oxygen atoms in total. The van der Waals surface area contributed by atoms with Crippen LogP contribution in [-0.4, -0.2) is 21.7 Å². The molecule has 1 amide bonds. The predicted molar refractivity (Wildman–Crippen MR) is 112 cm³/mol. The maximum absolute atomic E-state index is 12.9. The molecule has 0 aliphatic heterocycles. The lowest BCUT2D eigenvalue weighted by Crippen LogP contribution is -2.43. The predicted octanol–water partition coefficient (Wildman–Crippen LogP) is 5.60. The fourth-order valence-corrected chi connectivity index (χ4v) is 5.15. The summed E-state index contributed by atoms with van der Waals surface area (Å²) in [5, 5.41) is 9.64. The number of carbonyl (C=O) groups excluding carboxylic acids is 1. The molecule has 1 saturated carbocycles. The third-order valence-electron chi connectivity index (χ3n) is 5.86. The van der Waals surface area contributed by atoms with E-state index in [0.717, 1.165) is 32.9 Å². The Bertz CT molecular complexity index is 975. The Morgan fingerprint density at radius 1 is 1.26 bits per heavy atom. The van der Waals surface area contributed by atoms with E-state index in [-0.39, 0.29) is 11.9 Å². The Kier molecular flexibility index (Phi) is 4.99. The monoisotopic (exact) mass is 401 g/mol. The van der Waals surface area contributed by atoms with Crippen LogP contribution in [0.25, 0.3) is 15.9 Å². The van der Waals surface area contributed by atoms with Gasteiger partial charge in [-0.3, -0.25) is 4.79 Å². The number of aromatic nitrogens is 2. The normalized spacial score (nSPS) is 22.9. The molecule has 27 heavy (non-hydrogen) atoms. The molecule has 3 atom stereocenters. The first-order chi connectivity index (χ1) is 12.9. The molecule has 0 spiro atoms. The highest BCUT2D eigenvalue weighted by molar-refractivity contribution is 7.20. The molecule has 0 radical (unpaired) electrons. The number of nitrogens with one attached hydrogen (secondary N) is 1. The van der Waals surface area contributed by atoms with Crippen LogP contribution in [0.15, 0.2) is 30.3 Å². The average molecular weight is 402 g/mol. The van der Waals surface area contributed by atoms with Crippen LogP contribution in [0.1, 0.15) is 48.5 Å². The Labute approximate surface area is 168 Å². The molecule has 1 aromatic carbocycles. The lowest BCUT2D eigenvalue weighted by molar-refractivity contribution is 0.0895. The van der Waals surface area contributed by atoms with Gasteiger partial charge in [0, 0.05) is 16.5 Å². The number of hydrogen-bond donors (Lipinski definition) is 1. The molecule has 142 valence electrons. The minimum atomic E-state index is 0.0317. The van der Waals surface area contributed by atoms with E-state index in [2.05, 4.69) is 24.3 Å². The third kappa shape index (κ3) is 3.50. The lowest BCUT2D eigenvalue weighted by Gasteiger charge is -2.34. The number of halogens is 1. The van der Waals surface area contributed by atoms with Crippen molar-refractivity contribution in [3.05, 3.63) is 45.9 Å². The SMILES string of the molecule is Cc1nn(-c2ccc(Cl)cc2)c2sc(C(=O)N[C@H]3CCC[C@@H](C)[C@H]3C)cc12. The second-order valence-electron chi connectivity index (χ2n) is 7.65. The Hall–Kier alpha value is -1.85. The van der Waals surface area contributed by atoms with Crippen molar-refractivity contribution in [3.63, 3.8) is 0 Å². The molecule has 0 bridgehead atoms. The summed E-state index contributed by atoms with van der Waals surface area (Å²) in [7, 11) is 0. The van der Waals surface area contributed by atoms with Crippen LogP contribution >= 0.6 is 22.9 Å². The van der Waals surface area contributed by atoms with Gasteiger partial charge in [0.15, 0.2) is 0 Å². The minimum Gasteiger partial charge on any atom is -0.348 e. The molecule has 4 rings (SSSR count). The van der Waals surface area contributed by atoms with E-state index >= 15 is 0 Å². The molecule has 1 N–H and O–H groups in total. The van der Waals surface area contributed by atoms with Crippen LogP contribution in [0.3, 0.4) is 0 Å². The smallest absolute Gasteiger partial charge is 0.261 e. The first kappa shape index (κ1) is 18.5. The standard InChI is InChI=1S/C21H24ClN3OS/c1-12-5-4-6-18(13(12)2)23-20(26)19-11-17-14(3)24-25(21(17)27-19)16-9-7-15(22)8-10-16/h7-13,18H,4-6H2,1-3H3,(H,23,26)/t12-,13-,18+/m1/s1. The first-order valence-electron chi connectivity index (χ1n) is 9.50. The second-order valence-corrected chi connectivity index (χ2v) is 9.12. The maximum Gasteiger partial charge on any atom is 0.261 e. The van der Waals surface area contributed by atoms with Gasteiger partial charge < -0.3 is 5.32 Å². The zero-order valence-electron chi connectivity index (χ0n) is 15.8. The van der Waals surface area contributed by atoms with E-state index in [1.165, 1.54) is 24.2 Å². The topological polar surface area (TPSA) is 46.9 Å². The molecular weight excluding hydrogens is 378 g/mol. The fourth-order valence-electron chi connectivity index (χ4n) is 3.94. The lowest BCUT2D eigenvalue weighted by atomic mass is 9.78. The summed E-state index contributed by atoms with van der Waals surface area (Å²) in [6.07, 6.45) is 3.51. The van der Waals surface area contributed by atoms with Crippen molar-refractivity contribution in [2.24, 2.45) is 11.8 Å². The van der Waals surface area contributed by atoms with E-state index < -0.39 is 0 Å². The van der Waals surface area contributed by atoms with Crippen LogP contribution in [0.5, 0.6) is 0 Å². The van der Waals surface area contributed by atoms with Crippen LogP contribution in [-0.2, 0) is 0 Å². The van der Waals surface area contributed by atoms with E-state index in [4.69, 9.17) is 11.6 Å². The van der Waals surface area contributed by atoms with Gasteiger partial charge in [-0.2, -0.15) is 5.10 Å². The molecule has 6 heteroatoms. The quantitative estimate of drug-likeness (QED) is 0.620. The maximum atomic E-state index is 12.9. The Morgan fingerprint density at radius 3 is 2.74 bits per heavy atom. The van der Waals surface area contributed by atoms with Crippen LogP contribution in [0, 0.1) is 18.8 Å². The summed E-state index contributed by atoms with van der Waals surface area (Å²) in [5.74, 6) is 1.21. The number of rotatable bonds is 3. The minimum absolute atomic E-state index is 0.0317. The van der Waals surface area contributed by atoms with Gasteiger partial charge >= 0.3 is 0 Å².